The van der Waals surface area contributed by atoms with Crippen molar-refractivity contribution in [3.63, 3.8) is 0 Å². The van der Waals surface area contributed by atoms with Crippen LogP contribution in [0, 0.1) is 26.2 Å². The van der Waals surface area contributed by atoms with E-state index in [2.05, 4.69) is 10.6 Å². The predicted molar refractivity (Wildman–Crippen MR) is 90.3 cm³/mol. The van der Waals surface area contributed by atoms with E-state index in [1.54, 1.807) is 0 Å². The molecule has 0 heterocycles. The third-order valence-electron chi connectivity index (χ3n) is 4.87. The lowest BCUT2D eigenvalue weighted by molar-refractivity contribution is -0.137. The van der Waals surface area contributed by atoms with Gasteiger partial charge in [0.25, 0.3) is 0 Å². The molecule has 2 rings (SSSR count). The Bertz CT molecular complexity index is 604. The van der Waals surface area contributed by atoms with Crippen LogP contribution in [0.2, 0.25) is 0 Å². The van der Waals surface area contributed by atoms with E-state index in [4.69, 9.17) is 0 Å². The van der Waals surface area contributed by atoms with E-state index >= 15 is 0 Å². The molecule has 0 bridgehead atoms. The summed E-state index contributed by atoms with van der Waals surface area (Å²) in [6, 6.07) is 3.78. The van der Waals surface area contributed by atoms with Gasteiger partial charge in [0.05, 0.1) is 6.61 Å². The molecule has 1 aromatic carbocycles. The molecule has 5 nitrogen and oxygen atoms in total. The second-order valence-corrected chi connectivity index (χ2v) is 6.96. The molecule has 0 spiro atoms. The first-order valence-electron chi connectivity index (χ1n) is 8.07. The van der Waals surface area contributed by atoms with Crippen molar-refractivity contribution in [1.82, 2.24) is 5.32 Å². The number of benzene rings is 1. The minimum Gasteiger partial charge on any atom is -0.396 e. The molecular formula is C18H26N2O3. The van der Waals surface area contributed by atoms with Crippen molar-refractivity contribution in [1.29, 1.82) is 0 Å². The van der Waals surface area contributed by atoms with Crippen molar-refractivity contribution < 1.29 is 14.7 Å². The van der Waals surface area contributed by atoms with Gasteiger partial charge in [0.15, 0.2) is 0 Å². The fourth-order valence-electron chi connectivity index (χ4n) is 3.44. The molecule has 1 saturated carbocycles. The Morgan fingerprint density at radius 1 is 1.22 bits per heavy atom. The molecule has 0 aromatic heterocycles. The molecular weight excluding hydrogens is 292 g/mol. The Morgan fingerprint density at radius 2 is 1.83 bits per heavy atom. The number of aliphatic hydroxyl groups is 1. The number of carbonyl (C=O) groups excluding carboxylic acids is 2. The summed E-state index contributed by atoms with van der Waals surface area (Å²) in [6.07, 6.45) is 2.59. The molecule has 1 aliphatic rings. The summed E-state index contributed by atoms with van der Waals surface area (Å²) in [5.41, 5.74) is 3.33. The van der Waals surface area contributed by atoms with Crippen LogP contribution in [0.5, 0.6) is 0 Å². The monoisotopic (exact) mass is 318 g/mol. The molecule has 1 fully saturated rings. The van der Waals surface area contributed by atoms with E-state index in [9.17, 15) is 14.7 Å². The van der Waals surface area contributed by atoms with Gasteiger partial charge < -0.3 is 15.7 Å². The van der Waals surface area contributed by atoms with Gasteiger partial charge in [-0.15, -0.1) is 0 Å². The SMILES string of the molecule is Cc1cc(C)c(NC(=O)C(=O)NC2CCCC2(C)CO)c(C)c1. The molecule has 2 amide bonds. The fourth-order valence-corrected chi connectivity index (χ4v) is 3.44. The maximum absolute atomic E-state index is 12.2. The third kappa shape index (κ3) is 3.72. The largest absolute Gasteiger partial charge is 0.396 e. The zero-order valence-electron chi connectivity index (χ0n) is 14.3. The predicted octanol–water partition coefficient (Wildman–Crippen LogP) is 2.22. The number of hydrogen-bond acceptors (Lipinski definition) is 3. The number of aryl methyl sites for hydroxylation is 3. The van der Waals surface area contributed by atoms with Crippen LogP contribution in [-0.2, 0) is 9.59 Å². The van der Waals surface area contributed by atoms with Crippen molar-refractivity contribution in [3.8, 4) is 0 Å². The number of rotatable bonds is 3. The summed E-state index contributed by atoms with van der Waals surface area (Å²) in [5.74, 6) is -1.30. The van der Waals surface area contributed by atoms with Crippen LogP contribution in [0.4, 0.5) is 5.69 Å². The Kier molecular flexibility index (Phi) is 5.09. The second kappa shape index (κ2) is 6.71. The van der Waals surface area contributed by atoms with E-state index in [0.717, 1.165) is 36.0 Å². The Morgan fingerprint density at radius 3 is 2.39 bits per heavy atom. The number of carbonyl (C=O) groups is 2. The molecule has 1 aromatic rings. The highest BCUT2D eigenvalue weighted by Gasteiger charge is 2.39. The molecule has 0 saturated heterocycles. The summed E-state index contributed by atoms with van der Waals surface area (Å²) in [6.45, 7) is 7.77. The van der Waals surface area contributed by atoms with Crippen LogP contribution in [0.25, 0.3) is 0 Å². The standard InChI is InChI=1S/C18H26N2O3/c1-11-8-12(2)15(13(3)9-11)20-17(23)16(22)19-14-6-5-7-18(14,4)10-21/h8-9,14,21H,5-7,10H2,1-4H3,(H,19,22)(H,20,23). The average molecular weight is 318 g/mol. The van der Waals surface area contributed by atoms with Gasteiger partial charge in [0.1, 0.15) is 0 Å². The zero-order valence-corrected chi connectivity index (χ0v) is 14.3. The van der Waals surface area contributed by atoms with Gasteiger partial charge in [-0.25, -0.2) is 0 Å². The molecule has 5 heteroatoms. The quantitative estimate of drug-likeness (QED) is 0.748. The van der Waals surface area contributed by atoms with E-state index in [0.29, 0.717) is 5.69 Å². The third-order valence-corrected chi connectivity index (χ3v) is 4.87. The Hall–Kier alpha value is -1.88. The lowest BCUT2D eigenvalue weighted by atomic mass is 9.86. The average Bonchev–Trinajstić information content (AvgIpc) is 2.84. The van der Waals surface area contributed by atoms with Gasteiger partial charge in [-0.05, 0) is 44.7 Å². The molecule has 1 aliphatic carbocycles. The van der Waals surface area contributed by atoms with Crippen molar-refractivity contribution in [2.24, 2.45) is 5.41 Å². The molecule has 2 unspecified atom stereocenters. The summed E-state index contributed by atoms with van der Waals surface area (Å²) in [7, 11) is 0. The molecule has 0 radical (unpaired) electrons. The van der Waals surface area contributed by atoms with Gasteiger partial charge in [0.2, 0.25) is 0 Å². The van der Waals surface area contributed by atoms with Crippen LogP contribution >= 0.6 is 0 Å². The molecule has 0 aliphatic heterocycles. The van der Waals surface area contributed by atoms with Crippen LogP contribution in [-0.4, -0.2) is 29.6 Å². The number of nitrogens with one attached hydrogen (secondary N) is 2. The minimum atomic E-state index is -0.660. The van der Waals surface area contributed by atoms with Crippen LogP contribution in [0.15, 0.2) is 12.1 Å². The van der Waals surface area contributed by atoms with Crippen molar-refractivity contribution in [3.05, 3.63) is 28.8 Å². The highest BCUT2D eigenvalue weighted by molar-refractivity contribution is 6.39. The number of hydrogen-bond donors (Lipinski definition) is 3. The van der Waals surface area contributed by atoms with Crippen LogP contribution in [0.1, 0.15) is 42.9 Å². The van der Waals surface area contributed by atoms with E-state index in [-0.39, 0.29) is 18.1 Å². The first kappa shape index (κ1) is 17.5. The molecule has 23 heavy (non-hydrogen) atoms. The fraction of sp³-hybridized carbons (Fsp3) is 0.556. The van der Waals surface area contributed by atoms with Gasteiger partial charge in [0, 0.05) is 17.1 Å². The van der Waals surface area contributed by atoms with E-state index in [1.807, 2.05) is 39.8 Å². The first-order valence-corrected chi connectivity index (χ1v) is 8.07. The van der Waals surface area contributed by atoms with Gasteiger partial charge in [-0.2, -0.15) is 0 Å². The van der Waals surface area contributed by atoms with Gasteiger partial charge in [-0.1, -0.05) is 31.0 Å². The number of amides is 2. The second-order valence-electron chi connectivity index (χ2n) is 6.96. The summed E-state index contributed by atoms with van der Waals surface area (Å²) in [4.78, 5) is 24.4. The lowest BCUT2D eigenvalue weighted by Gasteiger charge is -2.29. The van der Waals surface area contributed by atoms with Gasteiger partial charge in [-0.3, -0.25) is 9.59 Å². The zero-order chi connectivity index (χ0) is 17.2. The van der Waals surface area contributed by atoms with E-state index in [1.165, 1.54) is 0 Å². The van der Waals surface area contributed by atoms with Crippen molar-refractivity contribution in [2.45, 2.75) is 53.0 Å². The summed E-state index contributed by atoms with van der Waals surface area (Å²) >= 11 is 0. The molecule has 126 valence electrons. The normalized spacial score (nSPS) is 23.6. The van der Waals surface area contributed by atoms with Gasteiger partial charge >= 0.3 is 11.8 Å². The van der Waals surface area contributed by atoms with Crippen LogP contribution < -0.4 is 10.6 Å². The highest BCUT2D eigenvalue weighted by Crippen LogP contribution is 2.37. The summed E-state index contributed by atoms with van der Waals surface area (Å²) in [5, 5.41) is 15.0. The van der Waals surface area contributed by atoms with Crippen molar-refractivity contribution >= 4 is 17.5 Å². The van der Waals surface area contributed by atoms with Crippen LogP contribution in [0.3, 0.4) is 0 Å². The maximum Gasteiger partial charge on any atom is 0.313 e. The highest BCUT2D eigenvalue weighted by atomic mass is 16.3. The topological polar surface area (TPSA) is 78.4 Å². The maximum atomic E-state index is 12.2. The Labute approximate surface area is 137 Å². The molecule has 3 N–H and O–H groups in total. The van der Waals surface area contributed by atoms with E-state index < -0.39 is 11.8 Å². The lowest BCUT2D eigenvalue weighted by Crippen LogP contribution is -2.48. The smallest absolute Gasteiger partial charge is 0.313 e. The number of aliphatic hydroxyl groups excluding tert-OH is 1. The number of anilines is 1. The minimum absolute atomic E-state index is 0.00967. The Balaban J connectivity index is 2.05. The molecule has 2 atom stereocenters. The first-order chi connectivity index (χ1) is 10.8. The summed E-state index contributed by atoms with van der Waals surface area (Å²) < 4.78 is 0. The van der Waals surface area contributed by atoms with Crippen molar-refractivity contribution in [2.75, 3.05) is 11.9 Å².